The Hall–Kier alpha value is -1.44. The van der Waals surface area contributed by atoms with Crippen molar-refractivity contribution >= 4 is 16.0 Å². The van der Waals surface area contributed by atoms with Gasteiger partial charge in [0.15, 0.2) is 0 Å². The summed E-state index contributed by atoms with van der Waals surface area (Å²) in [5.74, 6) is -1.49. The van der Waals surface area contributed by atoms with Crippen molar-refractivity contribution in [3.63, 3.8) is 0 Å². The maximum absolute atomic E-state index is 12.5. The van der Waals surface area contributed by atoms with E-state index in [0.717, 1.165) is 5.56 Å². The fraction of sp³-hybridized carbons (Fsp3) is 0.588. The number of ether oxygens (including phenoxy) is 2. The number of esters is 1. The number of rotatable bonds is 7. The minimum atomic E-state index is -3.50. The molecule has 1 heterocycles. The van der Waals surface area contributed by atoms with E-state index in [2.05, 4.69) is 0 Å². The highest BCUT2D eigenvalue weighted by molar-refractivity contribution is 7.89. The third kappa shape index (κ3) is 5.29. The second-order valence-electron chi connectivity index (χ2n) is 6.23. The van der Waals surface area contributed by atoms with Crippen molar-refractivity contribution in [1.82, 2.24) is 4.31 Å². The maximum Gasteiger partial charge on any atom is 0.310 e. The van der Waals surface area contributed by atoms with Crippen LogP contribution in [0.5, 0.6) is 0 Å². The highest BCUT2D eigenvalue weighted by atomic mass is 32.2. The molecule has 1 aliphatic heterocycles. The molecule has 0 saturated carbocycles. The van der Waals surface area contributed by atoms with E-state index < -0.39 is 21.9 Å². The summed E-state index contributed by atoms with van der Waals surface area (Å²) < 4.78 is 37.0. The van der Waals surface area contributed by atoms with Gasteiger partial charge in [-0.1, -0.05) is 44.2 Å². The fourth-order valence-electron chi connectivity index (χ4n) is 2.53. The van der Waals surface area contributed by atoms with Crippen molar-refractivity contribution in [2.24, 2.45) is 11.8 Å². The van der Waals surface area contributed by atoms with E-state index in [1.165, 1.54) is 4.31 Å². The Morgan fingerprint density at radius 3 is 2.42 bits per heavy atom. The van der Waals surface area contributed by atoms with Gasteiger partial charge >= 0.3 is 5.97 Å². The highest BCUT2D eigenvalue weighted by Crippen LogP contribution is 2.19. The number of nitrogens with zero attached hydrogens (tertiary/aromatic N) is 1. The van der Waals surface area contributed by atoms with Crippen LogP contribution in [0.1, 0.15) is 19.4 Å². The summed E-state index contributed by atoms with van der Waals surface area (Å²) in [6.07, 6.45) is 0. The van der Waals surface area contributed by atoms with Gasteiger partial charge in [0.2, 0.25) is 10.0 Å². The minimum Gasteiger partial charge on any atom is -0.461 e. The molecule has 0 radical (unpaired) electrons. The summed E-state index contributed by atoms with van der Waals surface area (Å²) in [7, 11) is -3.50. The van der Waals surface area contributed by atoms with Crippen molar-refractivity contribution in [3.8, 4) is 0 Å². The Kier molecular flexibility index (Phi) is 6.77. The van der Waals surface area contributed by atoms with Crippen molar-refractivity contribution < 1.29 is 22.7 Å². The summed E-state index contributed by atoms with van der Waals surface area (Å²) in [5.41, 5.74) is 0.879. The zero-order valence-corrected chi connectivity index (χ0v) is 15.0. The largest absolute Gasteiger partial charge is 0.461 e. The molecule has 0 aliphatic carbocycles. The monoisotopic (exact) mass is 355 g/mol. The van der Waals surface area contributed by atoms with Gasteiger partial charge in [-0.05, 0) is 11.5 Å². The molecular weight excluding hydrogens is 330 g/mol. The smallest absolute Gasteiger partial charge is 0.310 e. The third-order valence-electron chi connectivity index (χ3n) is 4.09. The summed E-state index contributed by atoms with van der Waals surface area (Å²) in [4.78, 5) is 12.4. The zero-order valence-electron chi connectivity index (χ0n) is 14.2. The predicted octanol–water partition coefficient (Wildman–Crippen LogP) is 1.66. The Morgan fingerprint density at radius 2 is 1.83 bits per heavy atom. The molecule has 1 aromatic rings. The second-order valence-corrected chi connectivity index (χ2v) is 8.25. The van der Waals surface area contributed by atoms with E-state index in [-0.39, 0.29) is 18.3 Å². The highest BCUT2D eigenvalue weighted by Gasteiger charge is 2.33. The van der Waals surface area contributed by atoms with Crippen LogP contribution < -0.4 is 0 Å². The van der Waals surface area contributed by atoms with Gasteiger partial charge in [0.1, 0.15) is 6.61 Å². The quantitative estimate of drug-likeness (QED) is 0.696. The summed E-state index contributed by atoms with van der Waals surface area (Å²) in [6.45, 7) is 5.29. The molecule has 1 unspecified atom stereocenters. The third-order valence-corrected chi connectivity index (χ3v) is 6.02. The summed E-state index contributed by atoms with van der Waals surface area (Å²) in [6, 6.07) is 9.35. The number of carbonyl (C=O) groups is 1. The number of carbonyl (C=O) groups excluding carboxylic acids is 1. The molecule has 0 N–H and O–H groups in total. The van der Waals surface area contributed by atoms with E-state index >= 15 is 0 Å². The molecule has 7 heteroatoms. The average Bonchev–Trinajstić information content (AvgIpc) is 2.59. The Bertz CT molecular complexity index is 624. The van der Waals surface area contributed by atoms with E-state index in [4.69, 9.17) is 9.47 Å². The van der Waals surface area contributed by atoms with Crippen LogP contribution in [0.2, 0.25) is 0 Å². The second kappa shape index (κ2) is 8.60. The van der Waals surface area contributed by atoms with Gasteiger partial charge in [-0.15, -0.1) is 0 Å². The molecule has 24 heavy (non-hydrogen) atoms. The lowest BCUT2D eigenvalue weighted by atomic mass is 9.98. The Balaban J connectivity index is 1.98. The molecule has 0 amide bonds. The van der Waals surface area contributed by atoms with Crippen molar-refractivity contribution in [3.05, 3.63) is 35.9 Å². The van der Waals surface area contributed by atoms with Gasteiger partial charge in [0.25, 0.3) is 0 Å². The molecule has 1 aromatic carbocycles. The van der Waals surface area contributed by atoms with Crippen LogP contribution in [0.3, 0.4) is 0 Å². The van der Waals surface area contributed by atoms with E-state index in [1.807, 2.05) is 44.2 Å². The molecular formula is C17H25NO5S. The molecule has 1 atom stereocenters. The standard InChI is InChI=1S/C17H25NO5S/c1-14(2)16(13-24(20,21)18-8-10-22-11-9-18)17(19)23-12-15-6-4-3-5-7-15/h3-7,14,16H,8-13H2,1-2H3. The molecule has 1 saturated heterocycles. The molecule has 6 nitrogen and oxygen atoms in total. The van der Waals surface area contributed by atoms with Crippen molar-refractivity contribution in [2.45, 2.75) is 20.5 Å². The first-order valence-electron chi connectivity index (χ1n) is 8.16. The van der Waals surface area contributed by atoms with Gasteiger partial charge in [0.05, 0.1) is 24.9 Å². The SMILES string of the molecule is CC(C)C(CS(=O)(=O)N1CCOCC1)C(=O)OCc1ccccc1. The first kappa shape index (κ1) is 18.9. The Labute approximate surface area is 143 Å². The lowest BCUT2D eigenvalue weighted by Gasteiger charge is -2.28. The van der Waals surface area contributed by atoms with E-state index in [9.17, 15) is 13.2 Å². The topological polar surface area (TPSA) is 72.9 Å². The maximum atomic E-state index is 12.5. The molecule has 0 spiro atoms. The van der Waals surface area contributed by atoms with Crippen LogP contribution in [0, 0.1) is 11.8 Å². The van der Waals surface area contributed by atoms with Crippen molar-refractivity contribution in [2.75, 3.05) is 32.1 Å². The van der Waals surface area contributed by atoms with Crippen LogP contribution in [0.4, 0.5) is 0 Å². The molecule has 2 rings (SSSR count). The van der Waals surface area contributed by atoms with Gasteiger partial charge in [0, 0.05) is 13.1 Å². The number of benzene rings is 1. The summed E-state index contributed by atoms with van der Waals surface area (Å²) in [5, 5.41) is 0. The summed E-state index contributed by atoms with van der Waals surface area (Å²) >= 11 is 0. The molecule has 0 aromatic heterocycles. The molecule has 1 fully saturated rings. The number of morpholine rings is 1. The van der Waals surface area contributed by atoms with Crippen molar-refractivity contribution in [1.29, 1.82) is 0 Å². The first-order valence-corrected chi connectivity index (χ1v) is 9.77. The molecule has 0 bridgehead atoms. The predicted molar refractivity (Wildman–Crippen MR) is 90.7 cm³/mol. The van der Waals surface area contributed by atoms with Crippen LogP contribution in [0.25, 0.3) is 0 Å². The average molecular weight is 355 g/mol. The van der Waals surface area contributed by atoms with Crippen LogP contribution in [-0.2, 0) is 30.9 Å². The zero-order chi connectivity index (χ0) is 17.6. The fourth-order valence-corrected chi connectivity index (χ4v) is 4.42. The number of hydrogen-bond donors (Lipinski definition) is 0. The number of hydrogen-bond acceptors (Lipinski definition) is 5. The normalized spacial score (nSPS) is 17.6. The Morgan fingerprint density at radius 1 is 1.21 bits per heavy atom. The van der Waals surface area contributed by atoms with Gasteiger partial charge in [-0.2, -0.15) is 4.31 Å². The first-order chi connectivity index (χ1) is 11.4. The van der Waals surface area contributed by atoms with Crippen LogP contribution in [0.15, 0.2) is 30.3 Å². The number of sulfonamides is 1. The lowest BCUT2D eigenvalue weighted by molar-refractivity contribution is -0.150. The van der Waals surface area contributed by atoms with Gasteiger partial charge in [-0.25, -0.2) is 8.42 Å². The minimum absolute atomic E-state index is 0.121. The molecule has 1 aliphatic rings. The lowest BCUT2D eigenvalue weighted by Crippen LogP contribution is -2.44. The van der Waals surface area contributed by atoms with E-state index in [1.54, 1.807) is 0 Å². The van der Waals surface area contributed by atoms with Crippen LogP contribution >= 0.6 is 0 Å². The van der Waals surface area contributed by atoms with Gasteiger partial charge < -0.3 is 9.47 Å². The molecule has 134 valence electrons. The van der Waals surface area contributed by atoms with Gasteiger partial charge in [-0.3, -0.25) is 4.79 Å². The van der Waals surface area contributed by atoms with E-state index in [0.29, 0.717) is 26.3 Å². The van der Waals surface area contributed by atoms with Crippen LogP contribution in [-0.4, -0.2) is 50.7 Å².